The van der Waals surface area contributed by atoms with Crippen molar-refractivity contribution in [3.63, 3.8) is 0 Å². The maximum absolute atomic E-state index is 12.0. The summed E-state index contributed by atoms with van der Waals surface area (Å²) in [7, 11) is 4.41. The van der Waals surface area contributed by atoms with E-state index in [1.807, 2.05) is 13.8 Å². The van der Waals surface area contributed by atoms with Gasteiger partial charge in [0, 0.05) is 25.2 Å². The second kappa shape index (κ2) is 9.77. The van der Waals surface area contributed by atoms with Crippen molar-refractivity contribution in [3.05, 3.63) is 24.0 Å². The largest absolute Gasteiger partial charge is 0.303 e. The quantitative estimate of drug-likeness (QED) is 0.733. The minimum absolute atomic E-state index is 0.393. The predicted octanol–water partition coefficient (Wildman–Crippen LogP) is 2.59. The second-order valence-corrected chi connectivity index (χ2v) is 5.03. The molecule has 1 saturated heterocycles. The minimum Gasteiger partial charge on any atom is -0.303 e. The summed E-state index contributed by atoms with van der Waals surface area (Å²) in [5.74, 6) is 0.196. The number of piperazine rings is 1. The van der Waals surface area contributed by atoms with Crippen LogP contribution in [0.15, 0.2) is 12.4 Å². The first kappa shape index (κ1) is 18.9. The lowest BCUT2D eigenvalue weighted by atomic mass is 10.1. The highest BCUT2D eigenvalue weighted by Crippen LogP contribution is 2.10. The zero-order valence-corrected chi connectivity index (χ0v) is 13.9. The van der Waals surface area contributed by atoms with Crippen LogP contribution in [0, 0.1) is 12.7 Å². The molecular weight excluding hydrogens is 255 g/mol. The number of hydrogen-bond donors (Lipinski definition) is 0. The van der Waals surface area contributed by atoms with Gasteiger partial charge >= 0.3 is 0 Å². The fourth-order valence-electron chi connectivity index (χ4n) is 2.05. The number of hydrogen-bond acceptors (Lipinski definition) is 4. The fraction of sp³-hybridized carbons (Fsp3) is 0.733. The molecule has 5 heteroatoms. The van der Waals surface area contributed by atoms with E-state index in [4.69, 9.17) is 0 Å². The van der Waals surface area contributed by atoms with Gasteiger partial charge in [-0.2, -0.15) is 0 Å². The van der Waals surface area contributed by atoms with Crippen LogP contribution < -0.4 is 0 Å². The van der Waals surface area contributed by atoms with Crippen LogP contribution in [0.2, 0.25) is 0 Å². The van der Waals surface area contributed by atoms with Crippen molar-refractivity contribution >= 4 is 0 Å². The lowest BCUT2D eigenvalue weighted by molar-refractivity contribution is 0.0761. The third-order valence-corrected chi connectivity index (χ3v) is 3.29. The van der Waals surface area contributed by atoms with Gasteiger partial charge in [-0.3, -0.25) is 4.90 Å². The molecule has 1 aromatic rings. The molecular formula is C15H29FN4. The lowest BCUT2D eigenvalue weighted by Crippen LogP contribution is -2.53. The van der Waals surface area contributed by atoms with Crippen molar-refractivity contribution in [1.29, 1.82) is 0 Å². The summed E-state index contributed by atoms with van der Waals surface area (Å²) < 4.78 is 12.0. The summed E-state index contributed by atoms with van der Waals surface area (Å²) in [5, 5.41) is 0. The highest BCUT2D eigenvalue weighted by Gasteiger charge is 2.23. The molecule has 0 aliphatic carbocycles. The molecule has 0 saturated carbocycles. The van der Waals surface area contributed by atoms with Gasteiger partial charge in [-0.05, 0) is 34.9 Å². The Morgan fingerprint density at radius 2 is 1.45 bits per heavy atom. The maximum Gasteiger partial charge on any atom is 0.159 e. The molecule has 0 unspecified atom stereocenters. The molecule has 2 heterocycles. The molecule has 116 valence electrons. The van der Waals surface area contributed by atoms with Crippen LogP contribution in [-0.2, 0) is 0 Å². The average Bonchev–Trinajstić information content (AvgIpc) is 2.42. The molecule has 0 aromatic carbocycles. The van der Waals surface area contributed by atoms with Gasteiger partial charge in [0.2, 0.25) is 0 Å². The average molecular weight is 284 g/mol. The van der Waals surface area contributed by atoms with E-state index < -0.39 is 5.82 Å². The van der Waals surface area contributed by atoms with Crippen LogP contribution in [-0.4, -0.2) is 59.0 Å². The molecule has 1 aliphatic heterocycles. The van der Waals surface area contributed by atoms with Crippen LogP contribution in [0.25, 0.3) is 0 Å². The zero-order valence-electron chi connectivity index (χ0n) is 13.9. The Kier molecular flexibility index (Phi) is 9.25. The first-order valence-electron chi connectivity index (χ1n) is 7.24. The zero-order chi connectivity index (χ0) is 15.7. The van der Waals surface area contributed by atoms with E-state index in [0.717, 1.165) is 12.4 Å². The molecule has 0 bridgehead atoms. The first-order valence-corrected chi connectivity index (χ1v) is 7.24. The van der Waals surface area contributed by atoms with E-state index in [-0.39, 0.29) is 0 Å². The Hall–Kier alpha value is -1.07. The molecule has 20 heavy (non-hydrogen) atoms. The van der Waals surface area contributed by atoms with Gasteiger partial charge in [0.1, 0.15) is 5.82 Å². The number of likely N-dealkylation sites (N-methyl/N-ethyl adjacent to an activating group) is 2. The van der Waals surface area contributed by atoms with Crippen molar-refractivity contribution in [2.45, 2.75) is 46.7 Å². The van der Waals surface area contributed by atoms with Crippen LogP contribution in [0.5, 0.6) is 0 Å². The second-order valence-electron chi connectivity index (χ2n) is 5.03. The smallest absolute Gasteiger partial charge is 0.159 e. The molecule has 1 aromatic heterocycles. The number of rotatable bonds is 0. The fourth-order valence-corrected chi connectivity index (χ4v) is 2.05. The Balaban J connectivity index is 0.000000327. The summed E-state index contributed by atoms with van der Waals surface area (Å²) >= 11 is 0. The van der Waals surface area contributed by atoms with Crippen molar-refractivity contribution in [1.82, 2.24) is 19.8 Å². The van der Waals surface area contributed by atoms with Crippen molar-refractivity contribution in [3.8, 4) is 0 Å². The molecule has 0 spiro atoms. The number of aryl methyl sites for hydroxylation is 1. The van der Waals surface area contributed by atoms with Gasteiger partial charge in [0.05, 0.1) is 12.4 Å². The predicted molar refractivity (Wildman–Crippen MR) is 82.3 cm³/mol. The molecule has 0 radical (unpaired) electrons. The van der Waals surface area contributed by atoms with E-state index >= 15 is 0 Å². The van der Waals surface area contributed by atoms with E-state index in [1.54, 1.807) is 6.92 Å². The van der Waals surface area contributed by atoms with Gasteiger partial charge in [-0.1, -0.05) is 13.8 Å². The lowest BCUT2D eigenvalue weighted by Gasteiger charge is -2.40. The van der Waals surface area contributed by atoms with Gasteiger partial charge in [0.15, 0.2) is 5.82 Å². The highest BCUT2D eigenvalue weighted by molar-refractivity contribution is 4.87. The van der Waals surface area contributed by atoms with E-state index in [1.165, 1.54) is 13.1 Å². The van der Waals surface area contributed by atoms with E-state index in [0.29, 0.717) is 17.9 Å². The summed E-state index contributed by atoms with van der Waals surface area (Å²) in [5.41, 5.74) is 0. The third-order valence-electron chi connectivity index (χ3n) is 3.29. The molecule has 2 atom stereocenters. The Bertz CT molecular complexity index is 322. The van der Waals surface area contributed by atoms with Crippen molar-refractivity contribution in [2.24, 2.45) is 0 Å². The molecule has 0 amide bonds. The molecule has 2 rings (SSSR count). The van der Waals surface area contributed by atoms with Gasteiger partial charge < -0.3 is 4.90 Å². The Labute approximate surface area is 123 Å². The molecule has 1 fully saturated rings. The number of aromatic nitrogens is 2. The van der Waals surface area contributed by atoms with Crippen LogP contribution in [0.1, 0.15) is 33.5 Å². The minimum atomic E-state index is -0.393. The number of nitrogens with zero attached hydrogens (tertiary/aromatic N) is 4. The summed E-state index contributed by atoms with van der Waals surface area (Å²) in [6.45, 7) is 12.7. The number of halogens is 1. The van der Waals surface area contributed by atoms with Gasteiger partial charge in [-0.25, -0.2) is 14.4 Å². The third kappa shape index (κ3) is 6.91. The summed E-state index contributed by atoms with van der Waals surface area (Å²) in [6.07, 6.45) is 2.28. The standard InChI is InChI=1S/C8H18N2.C5H5FN2.C2H6/c1-7-5-9(3)6-8(2)10(7)4;1-4-7-2-5(6)3-8-4;1-2/h7-8H,5-6H2,1-4H3;2-3H,1H3;1-2H3/t7-,8+;;. The van der Waals surface area contributed by atoms with Crippen LogP contribution in [0.4, 0.5) is 4.39 Å². The highest BCUT2D eigenvalue weighted by atomic mass is 19.1. The molecule has 4 nitrogen and oxygen atoms in total. The summed E-state index contributed by atoms with van der Waals surface area (Å²) in [6, 6.07) is 1.43. The monoisotopic (exact) mass is 284 g/mol. The van der Waals surface area contributed by atoms with Crippen LogP contribution in [0.3, 0.4) is 0 Å². The van der Waals surface area contributed by atoms with Crippen molar-refractivity contribution in [2.75, 3.05) is 27.2 Å². The summed E-state index contributed by atoms with van der Waals surface area (Å²) in [4.78, 5) is 12.0. The molecule has 1 aliphatic rings. The van der Waals surface area contributed by atoms with Gasteiger partial charge in [0.25, 0.3) is 0 Å². The Morgan fingerprint density at radius 1 is 1.05 bits per heavy atom. The van der Waals surface area contributed by atoms with Crippen molar-refractivity contribution < 1.29 is 4.39 Å². The SMILES string of the molecule is CC.C[C@@H]1CN(C)C[C@H](C)N1C.Cc1ncc(F)cn1. The normalized spacial score (nSPS) is 23.2. The topological polar surface area (TPSA) is 32.3 Å². The molecule has 0 N–H and O–H groups in total. The van der Waals surface area contributed by atoms with Gasteiger partial charge in [-0.15, -0.1) is 0 Å². The van der Waals surface area contributed by atoms with E-state index in [2.05, 4.69) is 47.7 Å². The maximum atomic E-state index is 12.0. The first-order chi connectivity index (χ1) is 9.40. The van der Waals surface area contributed by atoms with Crippen LogP contribution >= 0.6 is 0 Å². The Morgan fingerprint density at radius 3 is 1.80 bits per heavy atom. The van der Waals surface area contributed by atoms with E-state index in [9.17, 15) is 4.39 Å².